The molecule has 1 amide bonds. The van der Waals surface area contributed by atoms with Crippen LogP contribution in [0.2, 0.25) is 0 Å². The molecule has 6 heteroatoms. The van der Waals surface area contributed by atoms with Gasteiger partial charge in [-0.05, 0) is 30.7 Å². The first-order valence-electron chi connectivity index (χ1n) is 5.61. The Morgan fingerprint density at radius 2 is 1.89 bits per heavy atom. The molecule has 3 N–H and O–H groups in total. The Bertz CT molecular complexity index is 414. The maximum atomic E-state index is 13.1. The van der Waals surface area contributed by atoms with E-state index in [4.69, 9.17) is 5.73 Å². The van der Waals surface area contributed by atoms with E-state index in [2.05, 4.69) is 5.32 Å². The minimum absolute atomic E-state index is 0.107. The summed E-state index contributed by atoms with van der Waals surface area (Å²) in [6.07, 6.45) is 0.673. The molecule has 0 heterocycles. The molecule has 0 saturated carbocycles. The number of primary amides is 1. The highest BCUT2D eigenvalue weighted by Gasteiger charge is 2.18. The highest BCUT2D eigenvalue weighted by molar-refractivity contribution is 5.74. The lowest BCUT2D eigenvalue weighted by Crippen LogP contribution is -2.27. The first-order chi connectivity index (χ1) is 8.45. The molecule has 0 fully saturated rings. The number of carbonyl (C=O) groups excluding carboxylic acids is 1. The summed E-state index contributed by atoms with van der Waals surface area (Å²) >= 11 is 0. The fraction of sp³-hybridized carbons (Fsp3) is 0.417. The van der Waals surface area contributed by atoms with Gasteiger partial charge in [0.25, 0.3) is 0 Å². The monoisotopic (exact) mass is 260 g/mol. The lowest BCUT2D eigenvalue weighted by Gasteiger charge is -2.17. The van der Waals surface area contributed by atoms with Gasteiger partial charge in [0, 0.05) is 12.5 Å². The quantitative estimate of drug-likeness (QED) is 0.769. The van der Waals surface area contributed by atoms with Gasteiger partial charge in [-0.15, -0.1) is 0 Å². The molecule has 18 heavy (non-hydrogen) atoms. The minimum Gasteiger partial charge on any atom is -0.370 e. The third kappa shape index (κ3) is 3.73. The minimum atomic E-state index is -1.52. The van der Waals surface area contributed by atoms with Gasteiger partial charge in [-0.1, -0.05) is 6.92 Å². The predicted molar refractivity (Wildman–Crippen MR) is 61.2 cm³/mol. The van der Waals surface area contributed by atoms with Gasteiger partial charge in [0.1, 0.15) is 0 Å². The summed E-state index contributed by atoms with van der Waals surface area (Å²) in [4.78, 5) is 10.9. The van der Waals surface area contributed by atoms with E-state index in [-0.39, 0.29) is 12.0 Å². The van der Waals surface area contributed by atoms with Crippen molar-refractivity contribution in [2.24, 2.45) is 5.73 Å². The van der Waals surface area contributed by atoms with E-state index in [1.807, 2.05) is 6.92 Å². The number of amides is 1. The molecule has 0 bridgehead atoms. The van der Waals surface area contributed by atoms with Crippen LogP contribution in [-0.2, 0) is 4.79 Å². The van der Waals surface area contributed by atoms with Gasteiger partial charge in [-0.2, -0.15) is 0 Å². The molecule has 0 aliphatic rings. The Balaban J connectivity index is 3.00. The van der Waals surface area contributed by atoms with Crippen LogP contribution < -0.4 is 11.1 Å². The van der Waals surface area contributed by atoms with Crippen molar-refractivity contribution >= 4 is 5.91 Å². The van der Waals surface area contributed by atoms with Crippen LogP contribution in [0.3, 0.4) is 0 Å². The Kier molecular flexibility index (Phi) is 5.15. The smallest absolute Gasteiger partial charge is 0.219 e. The van der Waals surface area contributed by atoms with Crippen LogP contribution in [0.25, 0.3) is 0 Å². The van der Waals surface area contributed by atoms with Gasteiger partial charge in [-0.3, -0.25) is 4.79 Å². The molecule has 0 radical (unpaired) electrons. The molecule has 0 aromatic heterocycles. The van der Waals surface area contributed by atoms with E-state index in [9.17, 15) is 18.0 Å². The van der Waals surface area contributed by atoms with Crippen molar-refractivity contribution in [3.8, 4) is 0 Å². The first kappa shape index (κ1) is 14.5. The highest BCUT2D eigenvalue weighted by atomic mass is 19.2. The second kappa shape index (κ2) is 6.39. The molecule has 1 atom stereocenters. The third-order valence-electron chi connectivity index (χ3n) is 2.45. The fourth-order valence-corrected chi connectivity index (χ4v) is 1.60. The molecule has 1 rings (SSSR count). The molecule has 0 saturated heterocycles. The summed E-state index contributed by atoms with van der Waals surface area (Å²) in [5.74, 6) is -4.68. The van der Waals surface area contributed by atoms with Crippen LogP contribution in [-0.4, -0.2) is 12.5 Å². The van der Waals surface area contributed by atoms with Crippen molar-refractivity contribution in [3.05, 3.63) is 35.1 Å². The standard InChI is InChI=1S/C12H15F3N2O/c1-2-3-17-10(6-11(16)18)7-4-8(13)12(15)9(14)5-7/h4-5,10,17H,2-3,6H2,1H3,(H2,16,18). The van der Waals surface area contributed by atoms with Crippen LogP contribution in [0.5, 0.6) is 0 Å². The maximum absolute atomic E-state index is 13.1. The van der Waals surface area contributed by atoms with Crippen LogP contribution in [0.1, 0.15) is 31.4 Å². The van der Waals surface area contributed by atoms with E-state index >= 15 is 0 Å². The zero-order valence-corrected chi connectivity index (χ0v) is 9.97. The number of halogens is 3. The van der Waals surface area contributed by atoms with Gasteiger partial charge in [0.2, 0.25) is 5.91 Å². The van der Waals surface area contributed by atoms with Crippen molar-refractivity contribution in [2.45, 2.75) is 25.8 Å². The third-order valence-corrected chi connectivity index (χ3v) is 2.45. The highest BCUT2D eigenvalue weighted by Crippen LogP contribution is 2.21. The molecular weight excluding hydrogens is 245 g/mol. The summed E-state index contributed by atoms with van der Waals surface area (Å²) in [5, 5.41) is 2.93. The van der Waals surface area contributed by atoms with Crippen molar-refractivity contribution in [3.63, 3.8) is 0 Å². The van der Waals surface area contributed by atoms with Crippen LogP contribution >= 0.6 is 0 Å². The summed E-state index contributed by atoms with van der Waals surface area (Å²) in [6.45, 7) is 2.46. The molecule has 0 aliphatic carbocycles. The molecule has 0 aliphatic heterocycles. The van der Waals surface area contributed by atoms with Crippen molar-refractivity contribution < 1.29 is 18.0 Å². The van der Waals surface area contributed by atoms with Gasteiger partial charge in [0.15, 0.2) is 17.5 Å². The van der Waals surface area contributed by atoms with Crippen molar-refractivity contribution in [2.75, 3.05) is 6.54 Å². The number of hydrogen-bond acceptors (Lipinski definition) is 2. The normalized spacial score (nSPS) is 12.4. The second-order valence-corrected chi connectivity index (χ2v) is 3.98. The zero-order valence-electron chi connectivity index (χ0n) is 9.97. The van der Waals surface area contributed by atoms with E-state index < -0.39 is 29.4 Å². The molecule has 1 unspecified atom stereocenters. The number of carbonyl (C=O) groups is 1. The Hall–Kier alpha value is -1.56. The van der Waals surface area contributed by atoms with E-state index in [0.717, 1.165) is 18.6 Å². The number of nitrogens with one attached hydrogen (secondary N) is 1. The largest absolute Gasteiger partial charge is 0.370 e. The topological polar surface area (TPSA) is 55.1 Å². The number of nitrogens with two attached hydrogens (primary N) is 1. The summed E-state index contributed by atoms with van der Waals surface area (Å²) < 4.78 is 39.0. The molecular formula is C12H15F3N2O. The maximum Gasteiger partial charge on any atom is 0.219 e. The van der Waals surface area contributed by atoms with Crippen LogP contribution in [0, 0.1) is 17.5 Å². The summed E-state index contributed by atoms with van der Waals surface area (Å²) in [6, 6.07) is 1.12. The average molecular weight is 260 g/mol. The Labute approximate surface area is 103 Å². The van der Waals surface area contributed by atoms with Gasteiger partial charge >= 0.3 is 0 Å². The molecule has 3 nitrogen and oxygen atoms in total. The predicted octanol–water partition coefficient (Wildman–Crippen LogP) is 2.02. The molecule has 0 spiro atoms. The van der Waals surface area contributed by atoms with Crippen LogP contribution in [0.4, 0.5) is 13.2 Å². The first-order valence-corrected chi connectivity index (χ1v) is 5.61. The van der Waals surface area contributed by atoms with Gasteiger partial charge < -0.3 is 11.1 Å². The Morgan fingerprint density at radius 1 is 1.33 bits per heavy atom. The lowest BCUT2D eigenvalue weighted by molar-refractivity contribution is -0.118. The van der Waals surface area contributed by atoms with Crippen LogP contribution in [0.15, 0.2) is 12.1 Å². The van der Waals surface area contributed by atoms with Crippen molar-refractivity contribution in [1.82, 2.24) is 5.32 Å². The molecule has 1 aromatic rings. The lowest BCUT2D eigenvalue weighted by atomic mass is 10.0. The molecule has 1 aromatic carbocycles. The van der Waals surface area contributed by atoms with Gasteiger partial charge in [0.05, 0.1) is 0 Å². The van der Waals surface area contributed by atoms with E-state index in [1.54, 1.807) is 0 Å². The SMILES string of the molecule is CCCNC(CC(N)=O)c1cc(F)c(F)c(F)c1. The fourth-order valence-electron chi connectivity index (χ4n) is 1.60. The number of rotatable bonds is 6. The summed E-state index contributed by atoms with van der Waals surface area (Å²) in [5.41, 5.74) is 5.23. The van der Waals surface area contributed by atoms with Crippen molar-refractivity contribution in [1.29, 1.82) is 0 Å². The average Bonchev–Trinajstić information content (AvgIpc) is 2.30. The van der Waals surface area contributed by atoms with E-state index in [0.29, 0.717) is 6.54 Å². The zero-order chi connectivity index (χ0) is 13.7. The Morgan fingerprint density at radius 3 is 2.33 bits per heavy atom. The number of benzene rings is 1. The molecule has 100 valence electrons. The second-order valence-electron chi connectivity index (χ2n) is 3.98. The van der Waals surface area contributed by atoms with Gasteiger partial charge in [-0.25, -0.2) is 13.2 Å². The number of hydrogen-bond donors (Lipinski definition) is 2. The summed E-state index contributed by atoms with van der Waals surface area (Å²) in [7, 11) is 0. The van der Waals surface area contributed by atoms with E-state index in [1.165, 1.54) is 0 Å².